The number of nitrogens with zero attached hydrogens (tertiary/aromatic N) is 3. The van der Waals surface area contributed by atoms with Crippen molar-refractivity contribution in [2.24, 2.45) is 11.8 Å². The highest BCUT2D eigenvalue weighted by Gasteiger charge is 2.43. The summed E-state index contributed by atoms with van der Waals surface area (Å²) < 4.78 is 5.46. The maximum absolute atomic E-state index is 10.6. The van der Waals surface area contributed by atoms with Crippen LogP contribution in [0.1, 0.15) is 18.4 Å². The van der Waals surface area contributed by atoms with Crippen LogP contribution in [0.5, 0.6) is 0 Å². The number of ether oxygens (including phenoxy) is 1. The summed E-state index contributed by atoms with van der Waals surface area (Å²) >= 11 is 0. The van der Waals surface area contributed by atoms with E-state index in [1.165, 1.54) is 12.1 Å². The molecule has 1 N–H and O–H groups in total. The number of hydrogen-bond donors (Lipinski definition) is 1. The lowest BCUT2D eigenvalue weighted by molar-refractivity contribution is -0.0520. The van der Waals surface area contributed by atoms with E-state index in [-0.39, 0.29) is 6.10 Å². The highest BCUT2D eigenvalue weighted by molar-refractivity contribution is 5.10. The number of hydrogen-bond acceptors (Lipinski definition) is 5. The Morgan fingerprint density at radius 2 is 1.78 bits per heavy atom. The Balaban J connectivity index is 1.37. The molecule has 4 rings (SSSR count). The minimum Gasteiger partial charge on any atom is -0.391 e. The highest BCUT2D eigenvalue weighted by Crippen LogP contribution is 2.38. The van der Waals surface area contributed by atoms with Gasteiger partial charge in [-0.15, -0.1) is 0 Å². The molecule has 3 aliphatic rings. The van der Waals surface area contributed by atoms with Crippen molar-refractivity contribution < 1.29 is 9.84 Å². The smallest absolute Gasteiger partial charge is 0.0698 e. The number of aliphatic hydroxyl groups excluding tert-OH is 1. The number of aliphatic hydroxyl groups is 1. The quantitative estimate of drug-likeness (QED) is 0.901. The maximum Gasteiger partial charge on any atom is 0.0698 e. The van der Waals surface area contributed by atoms with Crippen molar-refractivity contribution in [3.05, 3.63) is 30.1 Å². The van der Waals surface area contributed by atoms with E-state index in [0.29, 0.717) is 12.0 Å². The summed E-state index contributed by atoms with van der Waals surface area (Å²) in [6.45, 7) is 6.87. The highest BCUT2D eigenvalue weighted by atomic mass is 16.5. The van der Waals surface area contributed by atoms with Crippen LogP contribution in [0.3, 0.4) is 0 Å². The Morgan fingerprint density at radius 1 is 1.09 bits per heavy atom. The first kappa shape index (κ1) is 15.5. The molecule has 0 amide bonds. The van der Waals surface area contributed by atoms with Gasteiger partial charge in [0.15, 0.2) is 0 Å². The maximum atomic E-state index is 10.6. The number of pyridine rings is 1. The van der Waals surface area contributed by atoms with Gasteiger partial charge in [-0.25, -0.2) is 0 Å². The molecule has 0 unspecified atom stereocenters. The molecule has 1 aromatic heterocycles. The van der Waals surface area contributed by atoms with Gasteiger partial charge in [-0.1, -0.05) is 0 Å². The van der Waals surface area contributed by atoms with Gasteiger partial charge >= 0.3 is 0 Å². The summed E-state index contributed by atoms with van der Waals surface area (Å²) in [5, 5.41) is 10.6. The molecule has 2 aliphatic heterocycles. The van der Waals surface area contributed by atoms with Crippen molar-refractivity contribution in [2.75, 3.05) is 39.4 Å². The van der Waals surface area contributed by atoms with Crippen LogP contribution in [0.2, 0.25) is 0 Å². The van der Waals surface area contributed by atoms with Gasteiger partial charge in [0.25, 0.3) is 0 Å². The van der Waals surface area contributed by atoms with Crippen LogP contribution in [-0.4, -0.2) is 71.4 Å². The summed E-state index contributed by atoms with van der Waals surface area (Å²) in [5.41, 5.74) is 1.34. The number of fused-ring (bicyclic) bond motifs is 1. The second-order valence-electron chi connectivity index (χ2n) is 7.32. The van der Waals surface area contributed by atoms with Crippen LogP contribution in [0, 0.1) is 11.8 Å². The molecular weight excluding hydrogens is 290 g/mol. The van der Waals surface area contributed by atoms with Crippen LogP contribution in [-0.2, 0) is 11.3 Å². The number of likely N-dealkylation sites (tertiary alicyclic amines) is 1. The molecule has 23 heavy (non-hydrogen) atoms. The van der Waals surface area contributed by atoms with E-state index >= 15 is 0 Å². The zero-order valence-electron chi connectivity index (χ0n) is 13.7. The van der Waals surface area contributed by atoms with Gasteiger partial charge < -0.3 is 9.84 Å². The first-order chi connectivity index (χ1) is 11.3. The van der Waals surface area contributed by atoms with Crippen molar-refractivity contribution >= 4 is 0 Å². The zero-order chi connectivity index (χ0) is 15.6. The fraction of sp³-hybridized carbons (Fsp3) is 0.722. The van der Waals surface area contributed by atoms with E-state index in [2.05, 4.69) is 26.9 Å². The molecule has 4 atom stereocenters. The molecule has 3 fully saturated rings. The van der Waals surface area contributed by atoms with Crippen LogP contribution in [0.4, 0.5) is 0 Å². The Labute approximate surface area is 138 Å². The van der Waals surface area contributed by atoms with Crippen molar-refractivity contribution in [3.63, 3.8) is 0 Å². The topological polar surface area (TPSA) is 48.8 Å². The molecule has 1 aromatic rings. The molecule has 0 spiro atoms. The van der Waals surface area contributed by atoms with Crippen LogP contribution in [0.25, 0.3) is 0 Å². The van der Waals surface area contributed by atoms with E-state index < -0.39 is 0 Å². The van der Waals surface area contributed by atoms with Crippen molar-refractivity contribution in [2.45, 2.75) is 31.5 Å². The molecule has 2 saturated heterocycles. The van der Waals surface area contributed by atoms with Crippen molar-refractivity contribution in [3.8, 4) is 0 Å². The molecule has 0 radical (unpaired) electrons. The molecule has 126 valence electrons. The van der Waals surface area contributed by atoms with Gasteiger partial charge in [0.2, 0.25) is 0 Å². The molecule has 5 heteroatoms. The Bertz CT molecular complexity index is 506. The minimum atomic E-state index is -0.171. The lowest BCUT2D eigenvalue weighted by Crippen LogP contribution is -2.53. The summed E-state index contributed by atoms with van der Waals surface area (Å²) in [7, 11) is 0. The lowest BCUT2D eigenvalue weighted by Gasteiger charge is -2.43. The summed E-state index contributed by atoms with van der Waals surface area (Å²) in [6.07, 6.45) is 5.67. The molecule has 1 saturated carbocycles. The first-order valence-corrected chi connectivity index (χ1v) is 8.91. The number of rotatable bonds is 3. The van der Waals surface area contributed by atoms with Crippen molar-refractivity contribution in [1.29, 1.82) is 0 Å². The second kappa shape index (κ2) is 6.85. The predicted octanol–water partition coefficient (Wildman–Crippen LogP) is 0.985. The minimum absolute atomic E-state index is 0.171. The van der Waals surface area contributed by atoms with E-state index in [4.69, 9.17) is 4.74 Å². The molecule has 1 aliphatic carbocycles. The Kier molecular flexibility index (Phi) is 4.62. The van der Waals surface area contributed by atoms with Crippen LogP contribution in [0.15, 0.2) is 24.5 Å². The largest absolute Gasteiger partial charge is 0.391 e. The van der Waals surface area contributed by atoms with E-state index in [1.807, 2.05) is 12.4 Å². The zero-order valence-corrected chi connectivity index (χ0v) is 13.7. The number of morpholine rings is 1. The van der Waals surface area contributed by atoms with Crippen molar-refractivity contribution in [1.82, 2.24) is 14.8 Å². The van der Waals surface area contributed by atoms with Gasteiger partial charge in [-0.3, -0.25) is 14.8 Å². The number of aromatic nitrogens is 1. The normalized spacial score (nSPS) is 36.0. The summed E-state index contributed by atoms with van der Waals surface area (Å²) in [6, 6.07) is 4.54. The average Bonchev–Trinajstić information content (AvgIpc) is 2.97. The second-order valence-corrected chi connectivity index (χ2v) is 7.32. The van der Waals surface area contributed by atoms with Crippen LogP contribution < -0.4 is 0 Å². The molecular formula is C18H27N3O2. The average molecular weight is 317 g/mol. The fourth-order valence-corrected chi connectivity index (χ4v) is 4.68. The van der Waals surface area contributed by atoms with Gasteiger partial charge in [-0.05, 0) is 42.4 Å². The van der Waals surface area contributed by atoms with E-state index in [9.17, 15) is 5.11 Å². The molecule has 3 heterocycles. The standard InChI is InChI=1S/C18H27N3O2/c22-18-10-16-13-20(11-14-1-3-19-4-2-14)12-15(16)9-17(18)21-5-7-23-8-6-21/h1-4,15-18,22H,5-13H2/t15-,16+,17-,18-/m1/s1. The SMILES string of the molecule is O[C@@H]1C[C@H]2CN(Cc3ccncc3)C[C@H]2C[C@H]1N1CCOCC1. The summed E-state index contributed by atoms with van der Waals surface area (Å²) in [5.74, 6) is 1.39. The molecule has 0 aromatic carbocycles. The van der Waals surface area contributed by atoms with Gasteiger partial charge in [0.1, 0.15) is 0 Å². The molecule has 0 bridgehead atoms. The van der Waals surface area contributed by atoms with Gasteiger partial charge in [0.05, 0.1) is 19.3 Å². The monoisotopic (exact) mass is 317 g/mol. The van der Waals surface area contributed by atoms with Gasteiger partial charge in [-0.2, -0.15) is 0 Å². The van der Waals surface area contributed by atoms with Gasteiger partial charge in [0, 0.05) is 51.2 Å². The Hall–Kier alpha value is -1.01. The molecule has 5 nitrogen and oxygen atoms in total. The summed E-state index contributed by atoms with van der Waals surface area (Å²) in [4.78, 5) is 9.11. The fourth-order valence-electron chi connectivity index (χ4n) is 4.68. The van der Waals surface area contributed by atoms with E-state index in [0.717, 1.165) is 58.2 Å². The van der Waals surface area contributed by atoms with E-state index in [1.54, 1.807) is 0 Å². The lowest BCUT2D eigenvalue weighted by atomic mass is 9.77. The predicted molar refractivity (Wildman–Crippen MR) is 87.9 cm³/mol. The first-order valence-electron chi connectivity index (χ1n) is 8.91. The third-order valence-corrected chi connectivity index (χ3v) is 5.85. The third kappa shape index (κ3) is 3.43. The third-order valence-electron chi connectivity index (χ3n) is 5.85. The Morgan fingerprint density at radius 3 is 2.52 bits per heavy atom. The van der Waals surface area contributed by atoms with Crippen LogP contribution >= 0.6 is 0 Å².